The SMILES string of the molecule is O=P(O)(O)OC1OC[C@@H](O)[C@@H](O)[C@@H]1O. The second-order valence-corrected chi connectivity index (χ2v) is 4.04. The van der Waals surface area contributed by atoms with Crippen LogP contribution >= 0.6 is 7.82 Å². The fourth-order valence-electron chi connectivity index (χ4n) is 1.01. The lowest BCUT2D eigenvalue weighted by molar-refractivity contribution is -0.245. The van der Waals surface area contributed by atoms with Gasteiger partial charge in [-0.1, -0.05) is 0 Å². The number of hydrogen-bond acceptors (Lipinski definition) is 6. The summed E-state index contributed by atoms with van der Waals surface area (Å²) in [5, 5.41) is 27.2. The minimum Gasteiger partial charge on any atom is -0.388 e. The van der Waals surface area contributed by atoms with Gasteiger partial charge in [-0.2, -0.15) is 0 Å². The minimum atomic E-state index is -4.80. The van der Waals surface area contributed by atoms with Gasteiger partial charge >= 0.3 is 7.82 Å². The van der Waals surface area contributed by atoms with Gasteiger partial charge in [-0.3, -0.25) is 4.52 Å². The van der Waals surface area contributed by atoms with E-state index >= 15 is 0 Å². The van der Waals surface area contributed by atoms with Crippen molar-refractivity contribution in [1.29, 1.82) is 0 Å². The summed E-state index contributed by atoms with van der Waals surface area (Å²) < 4.78 is 19.0. The first kappa shape index (κ1) is 12.0. The Hall–Kier alpha value is -0.0500. The molecule has 14 heavy (non-hydrogen) atoms. The normalized spacial score (nSPS) is 39.8. The fraction of sp³-hybridized carbons (Fsp3) is 1.00. The Kier molecular flexibility index (Phi) is 3.62. The third-order valence-electron chi connectivity index (χ3n) is 1.70. The molecule has 0 aromatic rings. The van der Waals surface area contributed by atoms with E-state index in [0.29, 0.717) is 0 Å². The van der Waals surface area contributed by atoms with Crippen LogP contribution in [0.15, 0.2) is 0 Å². The van der Waals surface area contributed by atoms with Crippen LogP contribution in [0.5, 0.6) is 0 Å². The Bertz CT molecular complexity index is 238. The molecule has 0 radical (unpaired) electrons. The van der Waals surface area contributed by atoms with Crippen molar-refractivity contribution in [2.24, 2.45) is 0 Å². The third kappa shape index (κ3) is 2.97. The van der Waals surface area contributed by atoms with Crippen LogP contribution in [-0.2, 0) is 13.8 Å². The summed E-state index contributed by atoms with van der Waals surface area (Å²) in [5.41, 5.74) is 0. The largest absolute Gasteiger partial charge is 0.472 e. The molecule has 4 atom stereocenters. The molecule has 0 spiro atoms. The van der Waals surface area contributed by atoms with Crippen LogP contribution in [-0.4, -0.2) is 56.3 Å². The zero-order valence-corrected chi connectivity index (χ0v) is 7.82. The Morgan fingerprint density at radius 1 is 1.21 bits per heavy atom. The quantitative estimate of drug-likeness (QED) is 0.329. The van der Waals surface area contributed by atoms with E-state index in [1.807, 2.05) is 0 Å². The van der Waals surface area contributed by atoms with Gasteiger partial charge in [0.1, 0.15) is 18.3 Å². The molecule has 0 bridgehead atoms. The summed E-state index contributed by atoms with van der Waals surface area (Å²) in [6, 6.07) is 0. The van der Waals surface area contributed by atoms with Crippen LogP contribution in [0.3, 0.4) is 0 Å². The molecule has 0 aliphatic carbocycles. The average molecular weight is 230 g/mol. The van der Waals surface area contributed by atoms with Crippen LogP contribution < -0.4 is 0 Å². The molecule has 1 saturated heterocycles. The van der Waals surface area contributed by atoms with Crippen LogP contribution in [0.1, 0.15) is 0 Å². The van der Waals surface area contributed by atoms with Crippen molar-refractivity contribution in [3.8, 4) is 0 Å². The number of ether oxygens (including phenoxy) is 1. The van der Waals surface area contributed by atoms with Crippen LogP contribution in [0.4, 0.5) is 0 Å². The molecule has 5 N–H and O–H groups in total. The van der Waals surface area contributed by atoms with E-state index < -0.39 is 32.4 Å². The van der Waals surface area contributed by atoms with Crippen LogP contribution in [0, 0.1) is 0 Å². The van der Waals surface area contributed by atoms with Crippen LogP contribution in [0.25, 0.3) is 0 Å². The van der Waals surface area contributed by atoms with E-state index in [0.717, 1.165) is 0 Å². The predicted molar refractivity (Wildman–Crippen MR) is 40.9 cm³/mol. The van der Waals surface area contributed by atoms with Gasteiger partial charge in [0.05, 0.1) is 6.61 Å². The van der Waals surface area contributed by atoms with E-state index in [1.165, 1.54) is 0 Å². The van der Waals surface area contributed by atoms with Gasteiger partial charge in [0, 0.05) is 0 Å². The molecule has 0 saturated carbocycles. The Morgan fingerprint density at radius 2 is 1.79 bits per heavy atom. The van der Waals surface area contributed by atoms with Gasteiger partial charge in [-0.05, 0) is 0 Å². The van der Waals surface area contributed by atoms with Crippen molar-refractivity contribution in [2.45, 2.75) is 24.6 Å². The lowest BCUT2D eigenvalue weighted by Crippen LogP contribution is -2.53. The molecule has 1 heterocycles. The Balaban J connectivity index is 2.60. The van der Waals surface area contributed by atoms with Crippen molar-refractivity contribution >= 4 is 7.82 Å². The lowest BCUT2D eigenvalue weighted by atomic mass is 10.1. The molecular formula is C5H11O8P. The first-order valence-electron chi connectivity index (χ1n) is 3.71. The topological polar surface area (TPSA) is 137 Å². The lowest BCUT2D eigenvalue weighted by Gasteiger charge is -2.34. The van der Waals surface area contributed by atoms with Gasteiger partial charge in [0.2, 0.25) is 0 Å². The maximum absolute atomic E-state index is 10.4. The summed E-state index contributed by atoms with van der Waals surface area (Å²) in [7, 11) is -4.80. The summed E-state index contributed by atoms with van der Waals surface area (Å²) >= 11 is 0. The summed E-state index contributed by atoms with van der Waals surface area (Å²) in [6.07, 6.45) is -6.21. The van der Waals surface area contributed by atoms with Crippen molar-refractivity contribution in [3.05, 3.63) is 0 Å². The first-order chi connectivity index (χ1) is 6.31. The number of aliphatic hydroxyl groups excluding tert-OH is 3. The van der Waals surface area contributed by atoms with Gasteiger partial charge in [-0.25, -0.2) is 4.57 Å². The molecule has 0 aromatic heterocycles. The average Bonchev–Trinajstić information content (AvgIpc) is 2.04. The Labute approximate surface area is 78.9 Å². The molecule has 84 valence electrons. The monoisotopic (exact) mass is 230 g/mol. The highest BCUT2D eigenvalue weighted by Crippen LogP contribution is 2.39. The smallest absolute Gasteiger partial charge is 0.388 e. The second kappa shape index (κ2) is 4.21. The van der Waals surface area contributed by atoms with Crippen molar-refractivity contribution in [1.82, 2.24) is 0 Å². The zero-order chi connectivity index (χ0) is 10.9. The molecule has 1 rings (SSSR count). The van der Waals surface area contributed by atoms with E-state index in [-0.39, 0.29) is 6.61 Å². The predicted octanol–water partition coefficient (Wildman–Crippen LogP) is -2.47. The molecule has 1 fully saturated rings. The van der Waals surface area contributed by atoms with Gasteiger partial charge in [0.15, 0.2) is 6.29 Å². The third-order valence-corrected chi connectivity index (χ3v) is 2.18. The van der Waals surface area contributed by atoms with E-state index in [2.05, 4.69) is 9.26 Å². The highest BCUT2D eigenvalue weighted by atomic mass is 31.2. The molecule has 8 nitrogen and oxygen atoms in total. The molecule has 9 heteroatoms. The van der Waals surface area contributed by atoms with E-state index in [4.69, 9.17) is 25.1 Å². The number of phosphoric ester groups is 1. The maximum Gasteiger partial charge on any atom is 0.472 e. The first-order valence-corrected chi connectivity index (χ1v) is 5.24. The van der Waals surface area contributed by atoms with Crippen LogP contribution in [0.2, 0.25) is 0 Å². The van der Waals surface area contributed by atoms with E-state index in [9.17, 15) is 4.57 Å². The zero-order valence-electron chi connectivity index (χ0n) is 6.92. The molecule has 1 aliphatic heterocycles. The Morgan fingerprint density at radius 3 is 2.29 bits per heavy atom. The summed E-state index contributed by atoms with van der Waals surface area (Å²) in [5.74, 6) is 0. The molecule has 1 unspecified atom stereocenters. The minimum absolute atomic E-state index is 0.372. The molecule has 1 aliphatic rings. The summed E-state index contributed by atoms with van der Waals surface area (Å²) in [4.78, 5) is 16.8. The van der Waals surface area contributed by atoms with Crippen molar-refractivity contribution in [3.63, 3.8) is 0 Å². The van der Waals surface area contributed by atoms with Gasteiger partial charge in [0.25, 0.3) is 0 Å². The standard InChI is InChI=1S/C5H11O8P/c6-2-1-12-5(4(8)3(2)7)13-14(9,10)11/h2-8H,1H2,(H2,9,10,11)/t2-,3-,4+,5?/m1/s1. The highest BCUT2D eigenvalue weighted by molar-refractivity contribution is 7.46. The molecule has 0 amide bonds. The number of phosphoric acid groups is 1. The number of rotatable bonds is 2. The van der Waals surface area contributed by atoms with Gasteiger partial charge in [-0.15, -0.1) is 0 Å². The van der Waals surface area contributed by atoms with Crippen molar-refractivity contribution < 1.29 is 38.9 Å². The van der Waals surface area contributed by atoms with E-state index in [1.54, 1.807) is 0 Å². The molecule has 0 aromatic carbocycles. The van der Waals surface area contributed by atoms with Gasteiger partial charge < -0.3 is 29.8 Å². The second-order valence-electron chi connectivity index (χ2n) is 2.85. The maximum atomic E-state index is 10.4. The molecular weight excluding hydrogens is 219 g/mol. The number of hydrogen-bond donors (Lipinski definition) is 5. The van der Waals surface area contributed by atoms with Crippen molar-refractivity contribution in [2.75, 3.05) is 6.61 Å². The fourth-order valence-corrected chi connectivity index (χ4v) is 1.46. The summed E-state index contributed by atoms with van der Waals surface area (Å²) in [6.45, 7) is -0.372. The number of aliphatic hydroxyl groups is 3. The highest BCUT2D eigenvalue weighted by Gasteiger charge is 2.41.